The van der Waals surface area contributed by atoms with Crippen molar-refractivity contribution in [1.82, 2.24) is 25.1 Å². The van der Waals surface area contributed by atoms with Crippen molar-refractivity contribution < 1.29 is 9.53 Å². The van der Waals surface area contributed by atoms with Crippen molar-refractivity contribution in [2.75, 3.05) is 19.7 Å². The molecule has 29 heavy (non-hydrogen) atoms. The number of hydrogen-bond acceptors (Lipinski definition) is 5. The summed E-state index contributed by atoms with van der Waals surface area (Å²) in [5, 5.41) is 12.6. The highest BCUT2D eigenvalue weighted by Crippen LogP contribution is 2.24. The van der Waals surface area contributed by atoms with E-state index in [0.717, 1.165) is 15.6 Å². The van der Waals surface area contributed by atoms with Crippen LogP contribution in [0.1, 0.15) is 24.5 Å². The van der Waals surface area contributed by atoms with Crippen molar-refractivity contribution in [3.63, 3.8) is 0 Å². The Morgan fingerprint density at radius 1 is 1.14 bits per heavy atom. The molecule has 8 heteroatoms. The van der Waals surface area contributed by atoms with Crippen LogP contribution in [-0.2, 0) is 16.1 Å². The zero-order valence-electron chi connectivity index (χ0n) is 15.9. The Balaban J connectivity index is 1.27. The summed E-state index contributed by atoms with van der Waals surface area (Å²) in [6.07, 6.45) is 1.05. The average Bonchev–Trinajstić information content (AvgIpc) is 3.24. The first-order valence-corrected chi connectivity index (χ1v) is 10.5. The molecule has 4 rings (SSSR count). The molecule has 0 radical (unpaired) electrons. The van der Waals surface area contributed by atoms with Gasteiger partial charge in [0.2, 0.25) is 11.7 Å². The molecule has 0 saturated carbocycles. The van der Waals surface area contributed by atoms with E-state index < -0.39 is 0 Å². The summed E-state index contributed by atoms with van der Waals surface area (Å²) in [4.78, 5) is 16.1. The second kappa shape index (κ2) is 9.28. The van der Waals surface area contributed by atoms with E-state index in [1.54, 1.807) is 4.80 Å². The predicted octanol–water partition coefficient (Wildman–Crippen LogP) is 3.48. The molecule has 1 fully saturated rings. The summed E-state index contributed by atoms with van der Waals surface area (Å²) in [5.74, 6) is 0.737. The van der Waals surface area contributed by atoms with Gasteiger partial charge in [0.25, 0.3) is 0 Å². The number of aryl methyl sites for hydroxylation is 1. The largest absolute Gasteiger partial charge is 0.370 e. The second-order valence-corrected chi connectivity index (χ2v) is 7.84. The first-order valence-electron chi connectivity index (χ1n) is 9.67. The Bertz CT molecular complexity index is 945. The quantitative estimate of drug-likeness (QED) is 0.568. The van der Waals surface area contributed by atoms with Crippen LogP contribution in [0.2, 0.25) is 0 Å². The third-order valence-electron chi connectivity index (χ3n) is 4.89. The number of nitrogens with zero attached hydrogens (tertiary/aromatic N) is 5. The van der Waals surface area contributed by atoms with Crippen molar-refractivity contribution in [3.05, 3.63) is 64.6 Å². The number of hydrogen-bond donors (Lipinski definition) is 0. The summed E-state index contributed by atoms with van der Waals surface area (Å²) in [6.45, 7) is 2.33. The molecule has 1 aromatic heterocycles. The van der Waals surface area contributed by atoms with Crippen molar-refractivity contribution in [3.8, 4) is 11.4 Å². The minimum absolute atomic E-state index is 0.0776. The lowest BCUT2D eigenvalue weighted by atomic mass is 10.1. The summed E-state index contributed by atoms with van der Waals surface area (Å²) < 4.78 is 6.89. The molecule has 3 aromatic rings. The minimum atomic E-state index is -0.0776. The fourth-order valence-electron chi connectivity index (χ4n) is 3.33. The highest BCUT2D eigenvalue weighted by Gasteiger charge is 2.25. The van der Waals surface area contributed by atoms with Gasteiger partial charge in [0, 0.05) is 23.0 Å². The van der Waals surface area contributed by atoms with Crippen LogP contribution in [0.25, 0.3) is 11.4 Å². The standard InChI is InChI=1S/C21H22BrN5O2/c22-18-10-8-16(9-11-18)19-15-26(13-14-29-19)20(28)7-4-12-27-24-21(23-25-27)17-5-2-1-3-6-17/h1-3,5-6,8-11,19H,4,7,12-15H2. The van der Waals surface area contributed by atoms with E-state index in [-0.39, 0.29) is 12.0 Å². The lowest BCUT2D eigenvalue weighted by molar-refractivity contribution is -0.139. The summed E-state index contributed by atoms with van der Waals surface area (Å²) in [6, 6.07) is 17.8. The van der Waals surface area contributed by atoms with Gasteiger partial charge in [-0.1, -0.05) is 58.4 Å². The number of ether oxygens (including phenoxy) is 1. The monoisotopic (exact) mass is 455 g/mol. The third kappa shape index (κ3) is 5.07. The second-order valence-electron chi connectivity index (χ2n) is 6.93. The van der Waals surface area contributed by atoms with Crippen LogP contribution in [0.3, 0.4) is 0 Å². The lowest BCUT2D eigenvalue weighted by Gasteiger charge is -2.33. The fourth-order valence-corrected chi connectivity index (χ4v) is 3.59. The average molecular weight is 456 g/mol. The minimum Gasteiger partial charge on any atom is -0.370 e. The number of halogens is 1. The number of carbonyl (C=O) groups excluding carboxylic acids is 1. The van der Waals surface area contributed by atoms with Gasteiger partial charge in [-0.05, 0) is 29.3 Å². The van der Waals surface area contributed by atoms with Crippen molar-refractivity contribution >= 4 is 21.8 Å². The van der Waals surface area contributed by atoms with Crippen LogP contribution in [-0.4, -0.2) is 50.7 Å². The fraction of sp³-hybridized carbons (Fsp3) is 0.333. The Morgan fingerprint density at radius 3 is 2.72 bits per heavy atom. The smallest absolute Gasteiger partial charge is 0.222 e. The van der Waals surface area contributed by atoms with E-state index in [1.165, 1.54) is 0 Å². The van der Waals surface area contributed by atoms with Gasteiger partial charge in [-0.2, -0.15) is 4.80 Å². The van der Waals surface area contributed by atoms with Gasteiger partial charge in [0.15, 0.2) is 0 Å². The van der Waals surface area contributed by atoms with Crippen LogP contribution in [0.4, 0.5) is 0 Å². The molecule has 7 nitrogen and oxygen atoms in total. The van der Waals surface area contributed by atoms with E-state index in [9.17, 15) is 4.79 Å². The molecule has 2 aromatic carbocycles. The Labute approximate surface area is 177 Å². The van der Waals surface area contributed by atoms with E-state index >= 15 is 0 Å². The van der Waals surface area contributed by atoms with Gasteiger partial charge in [0.05, 0.1) is 19.7 Å². The summed E-state index contributed by atoms with van der Waals surface area (Å²) in [5.41, 5.74) is 2.02. The first-order chi connectivity index (χ1) is 14.2. The summed E-state index contributed by atoms with van der Waals surface area (Å²) in [7, 11) is 0. The number of amides is 1. The normalized spacial score (nSPS) is 16.7. The molecule has 0 bridgehead atoms. The van der Waals surface area contributed by atoms with Gasteiger partial charge in [0.1, 0.15) is 6.10 Å². The highest BCUT2D eigenvalue weighted by atomic mass is 79.9. The van der Waals surface area contributed by atoms with Crippen LogP contribution < -0.4 is 0 Å². The zero-order chi connectivity index (χ0) is 20.1. The third-order valence-corrected chi connectivity index (χ3v) is 5.42. The molecule has 1 amide bonds. The van der Waals surface area contributed by atoms with E-state index in [4.69, 9.17) is 4.74 Å². The number of aromatic nitrogens is 4. The predicted molar refractivity (Wildman–Crippen MR) is 112 cm³/mol. The maximum atomic E-state index is 12.6. The number of rotatable bonds is 6. The topological polar surface area (TPSA) is 73.1 Å². The van der Waals surface area contributed by atoms with Gasteiger partial charge in [-0.15, -0.1) is 10.2 Å². The van der Waals surface area contributed by atoms with Crippen molar-refractivity contribution in [1.29, 1.82) is 0 Å². The number of morpholine rings is 1. The van der Waals surface area contributed by atoms with Crippen LogP contribution in [0, 0.1) is 0 Å². The highest BCUT2D eigenvalue weighted by molar-refractivity contribution is 9.10. The maximum Gasteiger partial charge on any atom is 0.222 e. The van der Waals surface area contributed by atoms with Gasteiger partial charge in [-0.3, -0.25) is 4.79 Å². The molecule has 1 aliphatic rings. The van der Waals surface area contributed by atoms with Crippen LogP contribution in [0.5, 0.6) is 0 Å². The Hall–Kier alpha value is -2.58. The molecule has 0 aliphatic carbocycles. The van der Waals surface area contributed by atoms with Crippen LogP contribution >= 0.6 is 15.9 Å². The molecule has 0 spiro atoms. The molecule has 1 saturated heterocycles. The van der Waals surface area contributed by atoms with Crippen LogP contribution in [0.15, 0.2) is 59.1 Å². The molecule has 150 valence electrons. The van der Waals surface area contributed by atoms with E-state index in [1.807, 2.05) is 59.5 Å². The number of benzene rings is 2. The first kappa shape index (κ1) is 19.7. The SMILES string of the molecule is O=C(CCCn1nnc(-c2ccccc2)n1)N1CCOC(c2ccc(Br)cc2)C1. The Morgan fingerprint density at radius 2 is 1.93 bits per heavy atom. The molecule has 0 N–H and O–H groups in total. The molecule has 1 atom stereocenters. The molecule has 1 unspecified atom stereocenters. The number of carbonyl (C=O) groups is 1. The van der Waals surface area contributed by atoms with Crippen molar-refractivity contribution in [2.24, 2.45) is 0 Å². The van der Waals surface area contributed by atoms with E-state index in [0.29, 0.717) is 44.9 Å². The molecular weight excluding hydrogens is 434 g/mol. The Kier molecular flexibility index (Phi) is 6.31. The summed E-state index contributed by atoms with van der Waals surface area (Å²) >= 11 is 3.44. The molecular formula is C21H22BrN5O2. The van der Waals surface area contributed by atoms with Gasteiger partial charge < -0.3 is 9.64 Å². The molecule has 2 heterocycles. The van der Waals surface area contributed by atoms with Crippen molar-refractivity contribution in [2.45, 2.75) is 25.5 Å². The molecule has 1 aliphatic heterocycles. The van der Waals surface area contributed by atoms with Gasteiger partial charge >= 0.3 is 0 Å². The zero-order valence-corrected chi connectivity index (χ0v) is 17.5. The van der Waals surface area contributed by atoms with E-state index in [2.05, 4.69) is 31.3 Å². The lowest BCUT2D eigenvalue weighted by Crippen LogP contribution is -2.42. The van der Waals surface area contributed by atoms with Gasteiger partial charge in [-0.25, -0.2) is 0 Å². The number of tetrazole rings is 1. The maximum absolute atomic E-state index is 12.6.